The van der Waals surface area contributed by atoms with Gasteiger partial charge in [-0.1, -0.05) is 37.3 Å². The summed E-state index contributed by atoms with van der Waals surface area (Å²) in [6, 6.07) is 9.87. The minimum absolute atomic E-state index is 0.152. The molecule has 1 N–H and O–H groups in total. The van der Waals surface area contributed by atoms with Crippen molar-refractivity contribution in [2.75, 3.05) is 31.2 Å². The van der Waals surface area contributed by atoms with Crippen LogP contribution in [0.2, 0.25) is 0 Å². The summed E-state index contributed by atoms with van der Waals surface area (Å²) >= 11 is 1.57. The van der Waals surface area contributed by atoms with Crippen LogP contribution in [-0.2, 0) is 16.0 Å². The maximum Gasteiger partial charge on any atom is 0.246 e. The zero-order chi connectivity index (χ0) is 17.5. The Bertz CT molecular complexity index is 724. The highest BCUT2D eigenvalue weighted by molar-refractivity contribution is 7.13. The fourth-order valence-electron chi connectivity index (χ4n) is 2.59. The third-order valence-electron chi connectivity index (χ3n) is 3.92. The lowest BCUT2D eigenvalue weighted by atomic mass is 10.1. The molecule has 1 aliphatic rings. The van der Waals surface area contributed by atoms with E-state index in [1.54, 1.807) is 11.3 Å². The molecule has 1 amide bonds. The number of ether oxygens (including phenoxy) is 1. The maximum atomic E-state index is 12.2. The minimum Gasteiger partial charge on any atom is -0.378 e. The van der Waals surface area contributed by atoms with Crippen LogP contribution in [0.3, 0.4) is 0 Å². The number of amides is 1. The molecule has 1 fully saturated rings. The molecule has 2 aromatic rings. The van der Waals surface area contributed by atoms with E-state index in [1.807, 2.05) is 42.6 Å². The minimum atomic E-state index is -0.152. The second-order valence-corrected chi connectivity index (χ2v) is 6.55. The average Bonchev–Trinajstić information content (AvgIpc) is 3.12. The summed E-state index contributed by atoms with van der Waals surface area (Å²) < 4.78 is 5.35. The van der Waals surface area contributed by atoms with Gasteiger partial charge in [-0.25, -0.2) is 10.4 Å². The molecule has 1 aliphatic heterocycles. The molecule has 25 heavy (non-hydrogen) atoms. The molecule has 3 rings (SSSR count). The largest absolute Gasteiger partial charge is 0.378 e. The Labute approximate surface area is 151 Å². The Morgan fingerprint density at radius 2 is 2.08 bits per heavy atom. The number of hydrogen-bond acceptors (Lipinski definition) is 6. The van der Waals surface area contributed by atoms with Gasteiger partial charge in [-0.15, -0.1) is 11.3 Å². The van der Waals surface area contributed by atoms with Gasteiger partial charge in [0.05, 0.1) is 31.0 Å². The second-order valence-electron chi connectivity index (χ2n) is 5.71. The van der Waals surface area contributed by atoms with Crippen molar-refractivity contribution in [1.29, 1.82) is 0 Å². The summed E-state index contributed by atoms with van der Waals surface area (Å²) in [5.74, 6) is -0.152. The number of morpholine rings is 1. The van der Waals surface area contributed by atoms with E-state index in [9.17, 15) is 4.79 Å². The number of carbonyl (C=O) groups excluding carboxylic acids is 1. The summed E-state index contributed by atoms with van der Waals surface area (Å²) in [5.41, 5.74) is 5.31. The molecule has 2 heterocycles. The summed E-state index contributed by atoms with van der Waals surface area (Å²) in [4.78, 5) is 18.9. The Kier molecular flexibility index (Phi) is 6.14. The quantitative estimate of drug-likeness (QED) is 0.636. The molecule has 0 saturated carbocycles. The Morgan fingerprint density at radius 1 is 1.32 bits per heavy atom. The van der Waals surface area contributed by atoms with E-state index in [1.165, 1.54) is 0 Å². The van der Waals surface area contributed by atoms with E-state index >= 15 is 0 Å². The molecular weight excluding hydrogens is 336 g/mol. The number of benzene rings is 1. The normalized spacial score (nSPS) is 15.2. The number of carbonyl (C=O) groups is 1. The highest BCUT2D eigenvalue weighted by atomic mass is 32.1. The first-order valence-electron chi connectivity index (χ1n) is 8.44. The third kappa shape index (κ3) is 4.87. The van der Waals surface area contributed by atoms with Crippen molar-refractivity contribution in [3.63, 3.8) is 0 Å². The zero-order valence-corrected chi connectivity index (χ0v) is 15.1. The van der Waals surface area contributed by atoms with Crippen molar-refractivity contribution < 1.29 is 9.53 Å². The number of hydrogen-bond donors (Lipinski definition) is 1. The third-order valence-corrected chi connectivity index (χ3v) is 4.87. The molecule has 1 aromatic heterocycles. The van der Waals surface area contributed by atoms with Gasteiger partial charge in [0.25, 0.3) is 0 Å². The Hall–Kier alpha value is -2.25. The van der Waals surface area contributed by atoms with E-state index in [4.69, 9.17) is 4.74 Å². The number of aromatic nitrogens is 1. The molecular formula is C18H22N4O2S. The molecule has 0 unspecified atom stereocenters. The summed E-state index contributed by atoms with van der Waals surface area (Å²) in [6.07, 6.45) is 0.984. The SMILES string of the molecule is CC/C(=N/NC(=O)Cc1csc(N2CCOCC2)n1)c1ccccc1. The smallest absolute Gasteiger partial charge is 0.246 e. The molecule has 0 bridgehead atoms. The predicted octanol–water partition coefficient (Wildman–Crippen LogP) is 2.45. The summed E-state index contributed by atoms with van der Waals surface area (Å²) in [6.45, 7) is 5.17. The van der Waals surface area contributed by atoms with Crippen LogP contribution in [-0.4, -0.2) is 42.9 Å². The Morgan fingerprint density at radius 3 is 2.80 bits per heavy atom. The van der Waals surface area contributed by atoms with Crippen molar-refractivity contribution >= 4 is 28.1 Å². The lowest BCUT2D eigenvalue weighted by molar-refractivity contribution is -0.120. The molecule has 6 nitrogen and oxygen atoms in total. The van der Waals surface area contributed by atoms with Crippen molar-refractivity contribution in [2.45, 2.75) is 19.8 Å². The number of hydrazone groups is 1. The van der Waals surface area contributed by atoms with E-state index in [0.717, 1.165) is 54.8 Å². The monoisotopic (exact) mass is 358 g/mol. The first kappa shape index (κ1) is 17.6. The van der Waals surface area contributed by atoms with Gasteiger partial charge in [0.15, 0.2) is 5.13 Å². The van der Waals surface area contributed by atoms with Gasteiger partial charge in [-0.3, -0.25) is 4.79 Å². The summed E-state index contributed by atoms with van der Waals surface area (Å²) in [7, 11) is 0. The van der Waals surface area contributed by atoms with Gasteiger partial charge >= 0.3 is 0 Å². The number of thiazole rings is 1. The predicted molar refractivity (Wildman–Crippen MR) is 100 cm³/mol. The van der Waals surface area contributed by atoms with Gasteiger partial charge < -0.3 is 9.64 Å². The molecule has 1 aromatic carbocycles. The van der Waals surface area contributed by atoms with Crippen LogP contribution >= 0.6 is 11.3 Å². The molecule has 0 spiro atoms. The molecule has 1 saturated heterocycles. The molecule has 0 radical (unpaired) electrons. The van der Waals surface area contributed by atoms with Crippen LogP contribution < -0.4 is 10.3 Å². The fraction of sp³-hybridized carbons (Fsp3) is 0.389. The molecule has 0 aliphatic carbocycles. The van der Waals surface area contributed by atoms with Gasteiger partial charge in [0.2, 0.25) is 5.91 Å². The van der Waals surface area contributed by atoms with Crippen LogP contribution in [0.15, 0.2) is 40.8 Å². The molecule has 0 atom stereocenters. The van der Waals surface area contributed by atoms with E-state index < -0.39 is 0 Å². The van der Waals surface area contributed by atoms with Crippen LogP contribution in [0.1, 0.15) is 24.6 Å². The van der Waals surface area contributed by atoms with Crippen molar-refractivity contribution in [2.24, 2.45) is 5.10 Å². The van der Waals surface area contributed by atoms with Gasteiger partial charge in [0, 0.05) is 18.5 Å². The van der Waals surface area contributed by atoms with Gasteiger partial charge in [0.1, 0.15) is 0 Å². The van der Waals surface area contributed by atoms with Crippen LogP contribution in [0.5, 0.6) is 0 Å². The maximum absolute atomic E-state index is 12.2. The topological polar surface area (TPSA) is 66.8 Å². The average molecular weight is 358 g/mol. The van der Waals surface area contributed by atoms with Crippen LogP contribution in [0.4, 0.5) is 5.13 Å². The number of rotatable bonds is 6. The lowest BCUT2D eigenvalue weighted by Gasteiger charge is -2.26. The van der Waals surface area contributed by atoms with Crippen molar-refractivity contribution in [1.82, 2.24) is 10.4 Å². The van der Waals surface area contributed by atoms with Crippen LogP contribution in [0, 0.1) is 0 Å². The standard InChI is InChI=1S/C18H22N4O2S/c1-2-16(14-6-4-3-5-7-14)20-21-17(23)12-15-13-25-18(19-15)22-8-10-24-11-9-22/h3-7,13H,2,8-12H2,1H3,(H,21,23)/b20-16-. The highest BCUT2D eigenvalue weighted by Crippen LogP contribution is 2.21. The number of nitrogens with zero attached hydrogens (tertiary/aromatic N) is 3. The van der Waals surface area contributed by atoms with E-state index in [2.05, 4.69) is 20.4 Å². The van der Waals surface area contributed by atoms with Crippen LogP contribution in [0.25, 0.3) is 0 Å². The van der Waals surface area contributed by atoms with Gasteiger partial charge in [-0.2, -0.15) is 5.10 Å². The fourth-order valence-corrected chi connectivity index (χ4v) is 3.47. The number of anilines is 1. The lowest BCUT2D eigenvalue weighted by Crippen LogP contribution is -2.36. The number of nitrogens with one attached hydrogen (secondary N) is 1. The molecule has 132 valence electrons. The van der Waals surface area contributed by atoms with Crippen molar-refractivity contribution in [3.05, 3.63) is 47.0 Å². The Balaban J connectivity index is 1.57. The summed E-state index contributed by atoms with van der Waals surface area (Å²) in [5, 5.41) is 7.16. The highest BCUT2D eigenvalue weighted by Gasteiger charge is 2.15. The zero-order valence-electron chi connectivity index (χ0n) is 14.3. The first-order valence-corrected chi connectivity index (χ1v) is 9.32. The van der Waals surface area contributed by atoms with Gasteiger partial charge in [-0.05, 0) is 12.0 Å². The molecule has 7 heteroatoms. The first-order chi connectivity index (χ1) is 12.3. The van der Waals surface area contributed by atoms with E-state index in [-0.39, 0.29) is 12.3 Å². The van der Waals surface area contributed by atoms with Crippen molar-refractivity contribution in [3.8, 4) is 0 Å². The van der Waals surface area contributed by atoms with E-state index in [0.29, 0.717) is 0 Å². The second kappa shape index (κ2) is 8.73.